The van der Waals surface area contributed by atoms with E-state index < -0.39 is 17.8 Å². The molecule has 2 rings (SSSR count). The van der Waals surface area contributed by atoms with E-state index >= 15 is 0 Å². The molecule has 1 aromatic carbocycles. The number of hydrogen-bond donors (Lipinski definition) is 2. The van der Waals surface area contributed by atoms with Gasteiger partial charge in [0.15, 0.2) is 0 Å². The first-order valence-electron chi connectivity index (χ1n) is 7.70. The van der Waals surface area contributed by atoms with Crippen LogP contribution in [0.4, 0.5) is 0 Å². The molecule has 0 aliphatic rings. The van der Waals surface area contributed by atoms with Gasteiger partial charge in [0, 0.05) is 17.5 Å². The van der Waals surface area contributed by atoms with Gasteiger partial charge in [-0.05, 0) is 50.1 Å². The summed E-state index contributed by atoms with van der Waals surface area (Å²) >= 11 is 0. The second kappa shape index (κ2) is 7.95. The number of aliphatic hydroxyl groups is 2. The zero-order chi connectivity index (χ0) is 17.7. The number of ether oxygens (including phenoxy) is 1. The summed E-state index contributed by atoms with van der Waals surface area (Å²) in [5.41, 5.74) is 1.50. The molecule has 5 nitrogen and oxygen atoms in total. The van der Waals surface area contributed by atoms with Crippen LogP contribution in [0.15, 0.2) is 63.3 Å². The maximum atomic E-state index is 11.2. The van der Waals surface area contributed by atoms with Crippen molar-refractivity contribution in [3.05, 3.63) is 64.6 Å². The van der Waals surface area contributed by atoms with Crippen molar-refractivity contribution in [1.29, 1.82) is 0 Å². The Morgan fingerprint density at radius 2 is 2.00 bits per heavy atom. The van der Waals surface area contributed by atoms with Crippen molar-refractivity contribution in [2.45, 2.75) is 32.5 Å². The van der Waals surface area contributed by atoms with Gasteiger partial charge in [0.25, 0.3) is 0 Å². The molecule has 1 aromatic heterocycles. The molecule has 0 aliphatic heterocycles. The molecule has 5 heteroatoms. The Morgan fingerprint density at radius 1 is 1.29 bits per heavy atom. The van der Waals surface area contributed by atoms with Crippen LogP contribution in [-0.4, -0.2) is 29.0 Å². The van der Waals surface area contributed by atoms with E-state index in [1.165, 1.54) is 6.07 Å². The fourth-order valence-electron chi connectivity index (χ4n) is 2.26. The number of rotatable bonds is 7. The summed E-state index contributed by atoms with van der Waals surface area (Å²) in [6, 6.07) is 8.35. The van der Waals surface area contributed by atoms with Gasteiger partial charge in [0.1, 0.15) is 24.0 Å². The van der Waals surface area contributed by atoms with Crippen LogP contribution in [-0.2, 0) is 0 Å². The van der Waals surface area contributed by atoms with Crippen molar-refractivity contribution < 1.29 is 19.4 Å². The number of hydrogen-bond acceptors (Lipinski definition) is 5. The molecular formula is C19H22O5. The Kier molecular flexibility index (Phi) is 5.95. The van der Waals surface area contributed by atoms with E-state index in [0.29, 0.717) is 29.9 Å². The average molecular weight is 330 g/mol. The van der Waals surface area contributed by atoms with Gasteiger partial charge in [-0.25, -0.2) is 4.79 Å². The highest BCUT2D eigenvalue weighted by Gasteiger charge is 2.16. The molecule has 0 spiro atoms. The minimum Gasteiger partial charge on any atom is -0.489 e. The van der Waals surface area contributed by atoms with E-state index in [9.17, 15) is 15.0 Å². The van der Waals surface area contributed by atoms with Gasteiger partial charge in [-0.2, -0.15) is 0 Å². The minimum atomic E-state index is -0.933. The van der Waals surface area contributed by atoms with Gasteiger partial charge in [-0.1, -0.05) is 12.2 Å². The van der Waals surface area contributed by atoms with E-state index in [4.69, 9.17) is 9.15 Å². The summed E-state index contributed by atoms with van der Waals surface area (Å²) in [7, 11) is 0. The molecule has 0 amide bonds. The lowest BCUT2D eigenvalue weighted by atomic mass is 10.0. The van der Waals surface area contributed by atoms with Crippen LogP contribution in [0, 0.1) is 0 Å². The standard InChI is InChI=1S/C19H22O5/c1-12(2)19(22)16(20)10-13(3)8-9-23-15-6-4-14-5-7-18(21)24-17(14)11-15/h4-8,11,16,19-20,22H,1,9-10H2,2-3H3/b13-8+/t16-,19+/m0/s1. The maximum absolute atomic E-state index is 11.2. The monoisotopic (exact) mass is 330 g/mol. The normalized spacial score (nSPS) is 14.4. The Hall–Kier alpha value is -2.37. The first-order valence-corrected chi connectivity index (χ1v) is 7.70. The first-order chi connectivity index (χ1) is 11.4. The van der Waals surface area contributed by atoms with Crippen LogP contribution in [0.2, 0.25) is 0 Å². The molecular weight excluding hydrogens is 308 g/mol. The van der Waals surface area contributed by atoms with Crippen LogP contribution >= 0.6 is 0 Å². The van der Waals surface area contributed by atoms with Crippen LogP contribution in [0.3, 0.4) is 0 Å². The molecule has 0 saturated heterocycles. The lowest BCUT2D eigenvalue weighted by molar-refractivity contribution is 0.0427. The van der Waals surface area contributed by atoms with Crippen molar-refractivity contribution in [1.82, 2.24) is 0 Å². The molecule has 0 unspecified atom stereocenters. The molecule has 0 saturated carbocycles. The fraction of sp³-hybridized carbons (Fsp3) is 0.316. The van der Waals surface area contributed by atoms with Gasteiger partial charge >= 0.3 is 5.63 Å². The molecule has 0 bridgehead atoms. The lowest BCUT2D eigenvalue weighted by Gasteiger charge is -2.18. The van der Waals surface area contributed by atoms with Crippen molar-refractivity contribution in [2.75, 3.05) is 6.61 Å². The summed E-state index contributed by atoms with van der Waals surface area (Å²) in [6.45, 7) is 7.47. The Labute approximate surface area is 140 Å². The predicted octanol–water partition coefficient (Wildman–Crippen LogP) is 2.81. The Bertz CT molecular complexity index is 803. The van der Waals surface area contributed by atoms with E-state index in [-0.39, 0.29) is 0 Å². The first kappa shape index (κ1) is 18.0. The molecule has 2 N–H and O–H groups in total. The summed E-state index contributed by atoms with van der Waals surface area (Å²) in [5.74, 6) is 0.586. The Morgan fingerprint density at radius 3 is 2.71 bits per heavy atom. The zero-order valence-electron chi connectivity index (χ0n) is 13.9. The van der Waals surface area contributed by atoms with Crippen LogP contribution < -0.4 is 10.4 Å². The predicted molar refractivity (Wildman–Crippen MR) is 93.2 cm³/mol. The van der Waals surface area contributed by atoms with Crippen LogP contribution in [0.5, 0.6) is 5.75 Å². The van der Waals surface area contributed by atoms with Crippen molar-refractivity contribution in [3.8, 4) is 5.75 Å². The molecule has 128 valence electrons. The second-order valence-corrected chi connectivity index (χ2v) is 5.88. The average Bonchev–Trinajstić information content (AvgIpc) is 2.53. The molecule has 0 fully saturated rings. The summed E-state index contributed by atoms with van der Waals surface area (Å²) < 4.78 is 10.7. The van der Waals surface area contributed by atoms with Gasteiger partial charge in [-0.15, -0.1) is 0 Å². The number of fused-ring (bicyclic) bond motifs is 1. The fourth-order valence-corrected chi connectivity index (χ4v) is 2.26. The lowest BCUT2D eigenvalue weighted by Crippen LogP contribution is -2.26. The summed E-state index contributed by atoms with van der Waals surface area (Å²) in [4.78, 5) is 11.2. The summed E-state index contributed by atoms with van der Waals surface area (Å²) in [6.07, 6.45) is 0.357. The topological polar surface area (TPSA) is 79.9 Å². The number of aliphatic hydroxyl groups excluding tert-OH is 2. The van der Waals surface area contributed by atoms with Crippen molar-refractivity contribution in [2.24, 2.45) is 0 Å². The third-order valence-corrected chi connectivity index (χ3v) is 3.68. The van der Waals surface area contributed by atoms with Gasteiger partial charge in [-0.3, -0.25) is 0 Å². The van der Waals surface area contributed by atoms with Gasteiger partial charge in [0.2, 0.25) is 0 Å². The van der Waals surface area contributed by atoms with Crippen molar-refractivity contribution in [3.63, 3.8) is 0 Å². The number of benzene rings is 1. The van der Waals surface area contributed by atoms with E-state index in [2.05, 4.69) is 6.58 Å². The zero-order valence-corrected chi connectivity index (χ0v) is 13.9. The molecule has 2 aromatic rings. The second-order valence-electron chi connectivity index (χ2n) is 5.88. The minimum absolute atomic E-state index is 0.310. The SMILES string of the molecule is C=C(C)[C@@H](O)[C@@H](O)C/C(C)=C/COc1ccc2ccc(=O)oc2c1. The smallest absolute Gasteiger partial charge is 0.336 e. The molecule has 0 radical (unpaired) electrons. The molecule has 2 atom stereocenters. The highest BCUT2D eigenvalue weighted by atomic mass is 16.5. The Balaban J connectivity index is 1.95. The van der Waals surface area contributed by atoms with E-state index in [0.717, 1.165) is 11.0 Å². The van der Waals surface area contributed by atoms with Crippen LogP contribution in [0.25, 0.3) is 11.0 Å². The van der Waals surface area contributed by atoms with E-state index in [1.807, 2.05) is 19.1 Å². The van der Waals surface area contributed by atoms with Gasteiger partial charge in [0.05, 0.1) is 6.10 Å². The highest BCUT2D eigenvalue weighted by Crippen LogP contribution is 2.19. The highest BCUT2D eigenvalue weighted by molar-refractivity contribution is 5.77. The molecule has 24 heavy (non-hydrogen) atoms. The third kappa shape index (κ3) is 4.81. The molecule has 0 aliphatic carbocycles. The molecule has 1 heterocycles. The van der Waals surface area contributed by atoms with E-state index in [1.54, 1.807) is 25.1 Å². The largest absolute Gasteiger partial charge is 0.489 e. The third-order valence-electron chi connectivity index (χ3n) is 3.68. The summed E-state index contributed by atoms with van der Waals surface area (Å²) in [5, 5.41) is 20.4. The maximum Gasteiger partial charge on any atom is 0.336 e. The van der Waals surface area contributed by atoms with Crippen LogP contribution in [0.1, 0.15) is 20.3 Å². The van der Waals surface area contributed by atoms with Gasteiger partial charge < -0.3 is 19.4 Å². The quantitative estimate of drug-likeness (QED) is 0.603. The van der Waals surface area contributed by atoms with Crippen molar-refractivity contribution >= 4 is 11.0 Å².